The first-order valence-corrected chi connectivity index (χ1v) is 9.30. The molecule has 0 aromatic heterocycles. The first-order valence-electron chi connectivity index (χ1n) is 9.30. The molecule has 2 aromatic rings. The molecule has 0 bridgehead atoms. The average Bonchev–Trinajstić information content (AvgIpc) is 2.91. The number of halogens is 3. The van der Waals surface area contributed by atoms with Gasteiger partial charge >= 0.3 is 12.4 Å². The predicted octanol–water partition coefficient (Wildman–Crippen LogP) is 2.98. The Labute approximate surface area is 176 Å². The molecule has 1 heterocycles. The molecule has 1 fully saturated rings. The molecule has 0 spiro atoms. The number of imide groups is 1. The summed E-state index contributed by atoms with van der Waals surface area (Å²) >= 11 is 0. The monoisotopic (exact) mass is 435 g/mol. The lowest BCUT2D eigenvalue weighted by Crippen LogP contribution is -2.43. The Morgan fingerprint density at radius 3 is 2.29 bits per heavy atom. The van der Waals surface area contributed by atoms with Crippen LogP contribution < -0.4 is 15.4 Å². The smallest absolute Gasteiger partial charge is 0.406 e. The van der Waals surface area contributed by atoms with E-state index in [1.54, 1.807) is 0 Å². The Kier molecular flexibility index (Phi) is 5.92. The van der Waals surface area contributed by atoms with Gasteiger partial charge in [0, 0.05) is 6.54 Å². The van der Waals surface area contributed by atoms with Gasteiger partial charge in [-0.1, -0.05) is 42.0 Å². The number of rotatable bonds is 6. The molecule has 4 amide bonds. The fourth-order valence-corrected chi connectivity index (χ4v) is 3.13. The number of aryl methyl sites for hydroxylation is 1. The van der Waals surface area contributed by atoms with Crippen LogP contribution in [-0.4, -0.2) is 35.7 Å². The highest BCUT2D eigenvalue weighted by Crippen LogP contribution is 2.31. The highest BCUT2D eigenvalue weighted by atomic mass is 19.4. The van der Waals surface area contributed by atoms with Crippen molar-refractivity contribution in [1.29, 1.82) is 0 Å². The van der Waals surface area contributed by atoms with E-state index >= 15 is 0 Å². The lowest BCUT2D eigenvalue weighted by atomic mass is 9.92. The van der Waals surface area contributed by atoms with Crippen LogP contribution in [0.1, 0.15) is 23.6 Å². The Morgan fingerprint density at radius 1 is 1.10 bits per heavy atom. The largest absolute Gasteiger partial charge is 0.573 e. The fourth-order valence-electron chi connectivity index (χ4n) is 3.13. The molecular weight excluding hydrogens is 415 g/mol. The number of nitrogens with zero attached hydrogens (tertiary/aromatic N) is 1. The number of hydrogen-bond acceptors (Lipinski definition) is 4. The molecule has 0 radical (unpaired) electrons. The van der Waals surface area contributed by atoms with Crippen LogP contribution in [0.4, 0.5) is 18.0 Å². The van der Waals surface area contributed by atoms with Crippen molar-refractivity contribution in [2.24, 2.45) is 0 Å². The summed E-state index contributed by atoms with van der Waals surface area (Å²) in [5.41, 5.74) is 0.669. The van der Waals surface area contributed by atoms with Gasteiger partial charge in [0.25, 0.3) is 5.91 Å². The molecule has 7 nitrogen and oxygen atoms in total. The summed E-state index contributed by atoms with van der Waals surface area (Å²) in [6.45, 7) is 3.10. The number of alkyl halides is 3. The maximum absolute atomic E-state index is 12.9. The van der Waals surface area contributed by atoms with Crippen LogP contribution in [0.2, 0.25) is 0 Å². The molecular formula is C21H20F3N3O4. The third-order valence-corrected chi connectivity index (χ3v) is 4.85. The van der Waals surface area contributed by atoms with Crippen molar-refractivity contribution in [1.82, 2.24) is 15.5 Å². The van der Waals surface area contributed by atoms with E-state index in [0.717, 1.165) is 28.2 Å². The van der Waals surface area contributed by atoms with E-state index < -0.39 is 42.0 Å². The Balaban J connectivity index is 1.65. The first kappa shape index (κ1) is 22.1. The molecule has 164 valence electrons. The molecule has 1 saturated heterocycles. The van der Waals surface area contributed by atoms with E-state index in [1.165, 1.54) is 19.1 Å². The van der Waals surface area contributed by atoms with Crippen molar-refractivity contribution in [3.05, 3.63) is 65.2 Å². The van der Waals surface area contributed by atoms with Crippen LogP contribution in [0.3, 0.4) is 0 Å². The van der Waals surface area contributed by atoms with Gasteiger partial charge in [-0.3, -0.25) is 14.5 Å². The fraction of sp³-hybridized carbons (Fsp3) is 0.286. The van der Waals surface area contributed by atoms with Gasteiger partial charge in [-0.15, -0.1) is 13.2 Å². The Morgan fingerprint density at radius 2 is 1.71 bits per heavy atom. The van der Waals surface area contributed by atoms with E-state index in [1.807, 2.05) is 31.2 Å². The van der Waals surface area contributed by atoms with Crippen molar-refractivity contribution in [3.63, 3.8) is 0 Å². The van der Waals surface area contributed by atoms with Crippen LogP contribution in [0.5, 0.6) is 5.75 Å². The number of benzene rings is 2. The van der Waals surface area contributed by atoms with Gasteiger partial charge in [-0.25, -0.2) is 4.79 Å². The average molecular weight is 435 g/mol. The normalized spacial score (nSPS) is 18.7. The van der Waals surface area contributed by atoms with Crippen LogP contribution >= 0.6 is 0 Å². The SMILES string of the molecule is Cc1ccc(CNC(=O)CN2C(=O)NC(C)(c3ccc(OC(F)(F)F)cc3)C2=O)cc1. The van der Waals surface area contributed by atoms with Crippen molar-refractivity contribution in [2.45, 2.75) is 32.3 Å². The van der Waals surface area contributed by atoms with Crippen molar-refractivity contribution in [2.75, 3.05) is 6.54 Å². The van der Waals surface area contributed by atoms with E-state index in [0.29, 0.717) is 0 Å². The topological polar surface area (TPSA) is 87.7 Å². The molecule has 0 aliphatic carbocycles. The van der Waals surface area contributed by atoms with E-state index in [2.05, 4.69) is 15.4 Å². The first-order chi connectivity index (χ1) is 14.5. The lowest BCUT2D eigenvalue weighted by molar-refractivity contribution is -0.274. The van der Waals surface area contributed by atoms with Gasteiger partial charge in [0.2, 0.25) is 5.91 Å². The minimum atomic E-state index is -4.84. The molecule has 1 unspecified atom stereocenters. The molecule has 2 aromatic carbocycles. The molecule has 1 aliphatic heterocycles. The zero-order chi connectivity index (χ0) is 22.8. The highest BCUT2D eigenvalue weighted by molar-refractivity contribution is 6.09. The van der Waals surface area contributed by atoms with Crippen LogP contribution in [0, 0.1) is 6.92 Å². The standard InChI is InChI=1S/C21H20F3N3O4/c1-13-3-5-14(6-4-13)11-25-17(28)12-27-18(29)20(2,26-19(27)30)15-7-9-16(10-8-15)31-21(22,23)24/h3-10H,11-12H2,1-2H3,(H,25,28)(H,26,30). The number of hydrogen-bond donors (Lipinski definition) is 2. The van der Waals surface area contributed by atoms with Gasteiger partial charge in [0.05, 0.1) is 0 Å². The summed E-state index contributed by atoms with van der Waals surface area (Å²) in [6, 6.07) is 11.3. The number of urea groups is 1. The highest BCUT2D eigenvalue weighted by Gasteiger charge is 2.49. The minimum absolute atomic E-state index is 0.237. The second kappa shape index (κ2) is 8.29. The van der Waals surface area contributed by atoms with Gasteiger partial charge < -0.3 is 15.4 Å². The van der Waals surface area contributed by atoms with Crippen molar-refractivity contribution < 1.29 is 32.3 Å². The van der Waals surface area contributed by atoms with E-state index in [-0.39, 0.29) is 12.1 Å². The number of carbonyl (C=O) groups excluding carboxylic acids is 3. The Bertz CT molecular complexity index is 990. The Hall–Kier alpha value is -3.56. The predicted molar refractivity (Wildman–Crippen MR) is 104 cm³/mol. The van der Waals surface area contributed by atoms with Crippen LogP contribution in [0.25, 0.3) is 0 Å². The third kappa shape index (κ3) is 5.14. The molecule has 1 atom stereocenters. The molecule has 10 heteroatoms. The van der Waals surface area contributed by atoms with Crippen LogP contribution in [-0.2, 0) is 21.7 Å². The van der Waals surface area contributed by atoms with Gasteiger partial charge in [0.15, 0.2) is 0 Å². The van der Waals surface area contributed by atoms with Gasteiger partial charge in [0.1, 0.15) is 17.8 Å². The third-order valence-electron chi connectivity index (χ3n) is 4.85. The summed E-state index contributed by atoms with van der Waals surface area (Å²) < 4.78 is 40.8. The second-order valence-corrected chi connectivity index (χ2v) is 7.28. The summed E-state index contributed by atoms with van der Waals surface area (Å²) in [4.78, 5) is 38.2. The molecule has 2 N–H and O–H groups in total. The minimum Gasteiger partial charge on any atom is -0.406 e. The van der Waals surface area contributed by atoms with Crippen molar-refractivity contribution >= 4 is 17.8 Å². The zero-order valence-corrected chi connectivity index (χ0v) is 16.7. The van der Waals surface area contributed by atoms with Crippen molar-refractivity contribution in [3.8, 4) is 5.75 Å². The molecule has 1 aliphatic rings. The number of ether oxygens (including phenoxy) is 1. The van der Waals surface area contributed by atoms with E-state index in [4.69, 9.17) is 0 Å². The number of carbonyl (C=O) groups is 3. The molecule has 3 rings (SSSR count). The molecule has 31 heavy (non-hydrogen) atoms. The summed E-state index contributed by atoms with van der Waals surface area (Å²) in [5.74, 6) is -1.67. The summed E-state index contributed by atoms with van der Waals surface area (Å²) in [6.07, 6.45) is -4.84. The van der Waals surface area contributed by atoms with Crippen LogP contribution in [0.15, 0.2) is 48.5 Å². The molecule has 0 saturated carbocycles. The van der Waals surface area contributed by atoms with E-state index in [9.17, 15) is 27.6 Å². The maximum Gasteiger partial charge on any atom is 0.573 e. The zero-order valence-electron chi connectivity index (χ0n) is 16.7. The quantitative estimate of drug-likeness (QED) is 0.683. The number of nitrogens with one attached hydrogen (secondary N) is 2. The van der Waals surface area contributed by atoms with Gasteiger partial charge in [-0.05, 0) is 37.1 Å². The van der Waals surface area contributed by atoms with Gasteiger partial charge in [-0.2, -0.15) is 0 Å². The number of amides is 4. The summed E-state index contributed by atoms with van der Waals surface area (Å²) in [7, 11) is 0. The summed E-state index contributed by atoms with van der Waals surface area (Å²) in [5, 5.41) is 5.14. The maximum atomic E-state index is 12.9. The second-order valence-electron chi connectivity index (χ2n) is 7.28. The lowest BCUT2D eigenvalue weighted by Gasteiger charge is -2.22.